The van der Waals surface area contributed by atoms with Crippen molar-refractivity contribution in [3.05, 3.63) is 22.4 Å². The van der Waals surface area contributed by atoms with Crippen LogP contribution in [-0.2, 0) is 4.74 Å². The molecule has 2 unspecified atom stereocenters. The highest BCUT2D eigenvalue weighted by Crippen LogP contribution is 2.28. The number of hydrogen-bond acceptors (Lipinski definition) is 3. The van der Waals surface area contributed by atoms with E-state index in [1.54, 1.807) is 11.3 Å². The molecule has 0 radical (unpaired) electrons. The van der Waals surface area contributed by atoms with Gasteiger partial charge in [-0.25, -0.2) is 0 Å². The summed E-state index contributed by atoms with van der Waals surface area (Å²) in [6.07, 6.45) is 1.14. The van der Waals surface area contributed by atoms with Crippen molar-refractivity contribution < 1.29 is 4.74 Å². The maximum atomic E-state index is 5.85. The van der Waals surface area contributed by atoms with Gasteiger partial charge in [0, 0.05) is 12.6 Å². The van der Waals surface area contributed by atoms with Gasteiger partial charge in [0.05, 0.1) is 6.10 Å². The van der Waals surface area contributed by atoms with Gasteiger partial charge in [0.1, 0.15) is 0 Å². The predicted molar refractivity (Wildman–Crippen MR) is 45.6 cm³/mol. The Kier molecular flexibility index (Phi) is 1.94. The quantitative estimate of drug-likeness (QED) is 0.692. The lowest BCUT2D eigenvalue weighted by Crippen LogP contribution is -2.22. The molecule has 0 spiro atoms. The molecular weight excluding hydrogens is 158 g/mol. The lowest BCUT2D eigenvalue weighted by atomic mass is 10.1. The Labute approximate surface area is 70.0 Å². The first kappa shape index (κ1) is 7.28. The number of thiophene rings is 1. The van der Waals surface area contributed by atoms with Crippen LogP contribution >= 0.6 is 11.3 Å². The van der Waals surface area contributed by atoms with E-state index < -0.39 is 0 Å². The van der Waals surface area contributed by atoms with Gasteiger partial charge in [0.15, 0.2) is 0 Å². The van der Waals surface area contributed by atoms with Gasteiger partial charge >= 0.3 is 0 Å². The predicted octanol–water partition coefficient (Wildman–Crippen LogP) is 1.54. The second-order valence-electron chi connectivity index (χ2n) is 2.80. The van der Waals surface area contributed by atoms with E-state index in [2.05, 4.69) is 16.8 Å². The topological polar surface area (TPSA) is 35.2 Å². The van der Waals surface area contributed by atoms with Crippen molar-refractivity contribution in [1.29, 1.82) is 0 Å². The molecule has 2 atom stereocenters. The van der Waals surface area contributed by atoms with Crippen LogP contribution in [0.15, 0.2) is 16.8 Å². The monoisotopic (exact) mass is 169 g/mol. The minimum absolute atomic E-state index is 0.154. The lowest BCUT2D eigenvalue weighted by molar-refractivity contribution is 0.105. The van der Waals surface area contributed by atoms with E-state index in [-0.39, 0.29) is 12.1 Å². The highest BCUT2D eigenvalue weighted by atomic mass is 32.1. The molecule has 0 aromatic carbocycles. The van der Waals surface area contributed by atoms with Crippen molar-refractivity contribution in [3.8, 4) is 0 Å². The molecule has 1 aromatic heterocycles. The molecular formula is C8H11NOS. The molecule has 1 aliphatic heterocycles. The van der Waals surface area contributed by atoms with E-state index in [9.17, 15) is 0 Å². The minimum atomic E-state index is 0.154. The number of nitrogens with two attached hydrogens (primary N) is 1. The van der Waals surface area contributed by atoms with E-state index in [0.717, 1.165) is 13.0 Å². The lowest BCUT2D eigenvalue weighted by Gasteiger charge is -2.11. The highest BCUT2D eigenvalue weighted by molar-refractivity contribution is 7.07. The van der Waals surface area contributed by atoms with Crippen molar-refractivity contribution in [1.82, 2.24) is 0 Å². The maximum absolute atomic E-state index is 5.85. The van der Waals surface area contributed by atoms with Crippen LogP contribution in [-0.4, -0.2) is 12.6 Å². The molecule has 1 fully saturated rings. The fraction of sp³-hybridized carbons (Fsp3) is 0.500. The minimum Gasteiger partial charge on any atom is -0.372 e. The molecule has 2 N–H and O–H groups in total. The van der Waals surface area contributed by atoms with Crippen LogP contribution in [0, 0.1) is 0 Å². The summed E-state index contributed by atoms with van der Waals surface area (Å²) >= 11 is 1.69. The van der Waals surface area contributed by atoms with E-state index >= 15 is 0 Å². The summed E-state index contributed by atoms with van der Waals surface area (Å²) in [4.78, 5) is 0. The van der Waals surface area contributed by atoms with Crippen LogP contribution in [0.1, 0.15) is 18.1 Å². The third-order valence-corrected chi connectivity index (χ3v) is 2.71. The fourth-order valence-electron chi connectivity index (χ4n) is 1.39. The van der Waals surface area contributed by atoms with Crippen LogP contribution in [0.25, 0.3) is 0 Å². The van der Waals surface area contributed by atoms with Gasteiger partial charge in [-0.1, -0.05) is 0 Å². The van der Waals surface area contributed by atoms with Gasteiger partial charge in [-0.2, -0.15) is 11.3 Å². The Hall–Kier alpha value is -0.380. The highest BCUT2D eigenvalue weighted by Gasteiger charge is 2.26. The van der Waals surface area contributed by atoms with Crippen LogP contribution in [0.5, 0.6) is 0 Å². The van der Waals surface area contributed by atoms with Crippen LogP contribution in [0.4, 0.5) is 0 Å². The van der Waals surface area contributed by atoms with Gasteiger partial charge in [0.2, 0.25) is 0 Å². The van der Waals surface area contributed by atoms with E-state index in [1.165, 1.54) is 5.56 Å². The molecule has 3 heteroatoms. The Balaban J connectivity index is 2.16. The van der Waals surface area contributed by atoms with E-state index in [1.807, 2.05) is 0 Å². The third kappa shape index (κ3) is 1.31. The molecule has 0 aliphatic carbocycles. The molecule has 60 valence electrons. The molecule has 2 rings (SSSR count). The molecule has 0 saturated carbocycles. The average Bonchev–Trinajstić information content (AvgIpc) is 2.55. The van der Waals surface area contributed by atoms with Crippen molar-refractivity contribution in [2.75, 3.05) is 6.61 Å². The van der Waals surface area contributed by atoms with Crippen molar-refractivity contribution in [2.45, 2.75) is 18.6 Å². The molecule has 0 bridgehead atoms. The summed E-state index contributed by atoms with van der Waals surface area (Å²) in [6.45, 7) is 0.807. The SMILES string of the molecule is NC1CCOC1c1ccsc1. The molecule has 1 aromatic rings. The van der Waals surface area contributed by atoms with Gasteiger partial charge in [0.25, 0.3) is 0 Å². The number of hydrogen-bond donors (Lipinski definition) is 1. The zero-order chi connectivity index (χ0) is 7.68. The average molecular weight is 169 g/mol. The van der Waals surface area contributed by atoms with Gasteiger partial charge in [-0.15, -0.1) is 0 Å². The first-order chi connectivity index (χ1) is 5.38. The molecule has 2 nitrogen and oxygen atoms in total. The second kappa shape index (κ2) is 2.93. The second-order valence-corrected chi connectivity index (χ2v) is 3.58. The summed E-state index contributed by atoms with van der Waals surface area (Å²) in [5, 5.41) is 4.17. The molecule has 11 heavy (non-hydrogen) atoms. The summed E-state index contributed by atoms with van der Waals surface area (Å²) in [7, 11) is 0. The Morgan fingerprint density at radius 2 is 2.55 bits per heavy atom. The summed E-state index contributed by atoms with van der Waals surface area (Å²) < 4.78 is 5.49. The largest absolute Gasteiger partial charge is 0.372 e. The smallest absolute Gasteiger partial charge is 0.0984 e. The van der Waals surface area contributed by atoms with Crippen molar-refractivity contribution >= 4 is 11.3 Å². The van der Waals surface area contributed by atoms with Gasteiger partial charge in [-0.3, -0.25) is 0 Å². The fourth-order valence-corrected chi connectivity index (χ4v) is 2.07. The zero-order valence-corrected chi connectivity index (χ0v) is 7.01. The first-order valence-electron chi connectivity index (χ1n) is 3.77. The summed E-state index contributed by atoms with van der Waals surface area (Å²) in [5.41, 5.74) is 7.09. The third-order valence-electron chi connectivity index (χ3n) is 2.01. The van der Waals surface area contributed by atoms with Crippen LogP contribution in [0.2, 0.25) is 0 Å². The molecule has 1 aliphatic rings. The molecule has 2 heterocycles. The Morgan fingerprint density at radius 3 is 3.09 bits per heavy atom. The standard InChI is InChI=1S/C8H11NOS/c9-7-1-3-10-8(7)6-2-4-11-5-6/h2,4-5,7-8H,1,3,9H2. The number of ether oxygens (including phenoxy) is 1. The number of rotatable bonds is 1. The van der Waals surface area contributed by atoms with Crippen LogP contribution < -0.4 is 5.73 Å². The first-order valence-corrected chi connectivity index (χ1v) is 4.71. The Bertz CT molecular complexity index is 222. The van der Waals surface area contributed by atoms with Crippen LogP contribution in [0.3, 0.4) is 0 Å². The molecule has 0 amide bonds. The van der Waals surface area contributed by atoms with Crippen molar-refractivity contribution in [3.63, 3.8) is 0 Å². The summed E-state index contributed by atoms with van der Waals surface area (Å²) in [5.74, 6) is 0. The van der Waals surface area contributed by atoms with Crippen molar-refractivity contribution in [2.24, 2.45) is 5.73 Å². The van der Waals surface area contributed by atoms with E-state index in [4.69, 9.17) is 10.5 Å². The Morgan fingerprint density at radius 1 is 1.64 bits per heavy atom. The van der Waals surface area contributed by atoms with E-state index in [0.29, 0.717) is 0 Å². The van der Waals surface area contributed by atoms with Gasteiger partial charge in [-0.05, 0) is 28.8 Å². The maximum Gasteiger partial charge on any atom is 0.0984 e. The van der Waals surface area contributed by atoms with Gasteiger partial charge < -0.3 is 10.5 Å². The molecule has 1 saturated heterocycles. The zero-order valence-electron chi connectivity index (χ0n) is 6.19. The normalized spacial score (nSPS) is 31.0. The summed E-state index contributed by atoms with van der Waals surface area (Å²) in [6, 6.07) is 2.28.